The number of imide groups is 1. The molecule has 0 saturated carbocycles. The average molecular weight is 250 g/mol. The molecule has 17 heavy (non-hydrogen) atoms. The van der Waals surface area contributed by atoms with E-state index in [1.165, 1.54) is 0 Å². The molecular weight excluding hydrogens is 240 g/mol. The Morgan fingerprint density at radius 3 is 2.59 bits per heavy atom. The maximum Gasteiger partial charge on any atom is 0.286 e. The zero-order chi connectivity index (χ0) is 12.3. The second-order valence-corrected chi connectivity index (χ2v) is 4.68. The molecule has 88 valence electrons. The van der Waals surface area contributed by atoms with Gasteiger partial charge in [-0.2, -0.15) is 0 Å². The van der Waals surface area contributed by atoms with E-state index in [9.17, 15) is 14.4 Å². The van der Waals surface area contributed by atoms with Crippen LogP contribution >= 0.6 is 11.8 Å². The molecule has 5 nitrogen and oxygen atoms in total. The lowest BCUT2D eigenvalue weighted by molar-refractivity contribution is -0.122. The van der Waals surface area contributed by atoms with Crippen molar-refractivity contribution in [3.05, 3.63) is 30.3 Å². The number of anilines is 1. The summed E-state index contributed by atoms with van der Waals surface area (Å²) in [5, 5.41) is 3.79. The number of thioether (sulfide) groups is 1. The first-order valence-electron chi connectivity index (χ1n) is 5.01. The summed E-state index contributed by atoms with van der Waals surface area (Å²) in [6, 6.07) is 8.96. The van der Waals surface area contributed by atoms with E-state index in [2.05, 4.69) is 10.6 Å². The van der Waals surface area contributed by atoms with Gasteiger partial charge in [-0.1, -0.05) is 30.0 Å². The predicted molar refractivity (Wildman–Crippen MR) is 64.6 cm³/mol. The number of para-hydroxylation sites is 1. The molecule has 1 atom stereocenters. The van der Waals surface area contributed by atoms with E-state index in [4.69, 9.17) is 0 Å². The highest BCUT2D eigenvalue weighted by atomic mass is 32.2. The lowest BCUT2D eigenvalue weighted by Crippen LogP contribution is -2.27. The number of amides is 3. The minimum atomic E-state index is -0.619. The van der Waals surface area contributed by atoms with Gasteiger partial charge in [-0.15, -0.1) is 0 Å². The van der Waals surface area contributed by atoms with Gasteiger partial charge in [-0.05, 0) is 12.1 Å². The van der Waals surface area contributed by atoms with Crippen LogP contribution in [0.15, 0.2) is 30.3 Å². The Labute approximate surface area is 102 Å². The van der Waals surface area contributed by atoms with Gasteiger partial charge >= 0.3 is 0 Å². The molecule has 0 spiro atoms. The van der Waals surface area contributed by atoms with Gasteiger partial charge in [0.25, 0.3) is 5.24 Å². The van der Waals surface area contributed by atoms with Crippen LogP contribution in [0.2, 0.25) is 0 Å². The first-order chi connectivity index (χ1) is 8.15. The normalized spacial score (nSPS) is 18.9. The lowest BCUT2D eigenvalue weighted by Gasteiger charge is -2.06. The van der Waals surface area contributed by atoms with Crippen LogP contribution in [-0.4, -0.2) is 22.3 Å². The van der Waals surface area contributed by atoms with Crippen molar-refractivity contribution in [2.75, 3.05) is 5.32 Å². The molecule has 1 aliphatic heterocycles. The standard InChI is InChI=1S/C11H10N2O3S/c14-9(12-7-4-2-1-3-5-7)6-8-10(15)13-11(16)17-8/h1-5,8H,6H2,(H,12,14)(H,13,15,16)/t8-/m0/s1. The van der Waals surface area contributed by atoms with Crippen LogP contribution in [0.4, 0.5) is 10.5 Å². The van der Waals surface area contributed by atoms with Gasteiger partial charge in [0.1, 0.15) is 5.25 Å². The van der Waals surface area contributed by atoms with Crippen LogP contribution < -0.4 is 10.6 Å². The predicted octanol–water partition coefficient (Wildman–Crippen LogP) is 1.37. The highest BCUT2D eigenvalue weighted by Crippen LogP contribution is 2.22. The quantitative estimate of drug-likeness (QED) is 0.849. The van der Waals surface area contributed by atoms with Crippen molar-refractivity contribution in [2.24, 2.45) is 0 Å². The van der Waals surface area contributed by atoms with Gasteiger partial charge < -0.3 is 5.32 Å². The van der Waals surface area contributed by atoms with Crippen LogP contribution in [-0.2, 0) is 9.59 Å². The zero-order valence-corrected chi connectivity index (χ0v) is 9.62. The molecule has 0 radical (unpaired) electrons. The summed E-state index contributed by atoms with van der Waals surface area (Å²) in [6.45, 7) is 0. The molecule has 1 aliphatic rings. The first kappa shape index (κ1) is 11.7. The second-order valence-electron chi connectivity index (χ2n) is 3.50. The summed E-state index contributed by atoms with van der Waals surface area (Å²) in [4.78, 5) is 33.7. The summed E-state index contributed by atoms with van der Waals surface area (Å²) in [7, 11) is 0. The van der Waals surface area contributed by atoms with Gasteiger partial charge in [0, 0.05) is 12.1 Å². The lowest BCUT2D eigenvalue weighted by atomic mass is 10.2. The molecule has 1 saturated heterocycles. The number of hydrogen-bond donors (Lipinski definition) is 2. The fourth-order valence-corrected chi connectivity index (χ4v) is 2.25. The maximum absolute atomic E-state index is 11.6. The molecule has 1 fully saturated rings. The molecule has 0 aliphatic carbocycles. The van der Waals surface area contributed by atoms with Gasteiger partial charge in [0.05, 0.1) is 0 Å². The smallest absolute Gasteiger partial charge is 0.286 e. The van der Waals surface area contributed by atoms with Gasteiger partial charge in [0.15, 0.2) is 0 Å². The van der Waals surface area contributed by atoms with Crippen molar-refractivity contribution in [3.63, 3.8) is 0 Å². The molecule has 1 aromatic carbocycles. The third-order valence-electron chi connectivity index (χ3n) is 2.20. The van der Waals surface area contributed by atoms with Gasteiger partial charge in [-0.3, -0.25) is 19.7 Å². The van der Waals surface area contributed by atoms with Crippen molar-refractivity contribution >= 4 is 34.5 Å². The molecule has 2 N–H and O–H groups in total. The number of carbonyl (C=O) groups excluding carboxylic acids is 3. The van der Waals surface area contributed by atoms with Crippen LogP contribution in [0, 0.1) is 0 Å². The number of carbonyl (C=O) groups is 3. The highest BCUT2D eigenvalue weighted by Gasteiger charge is 2.33. The van der Waals surface area contributed by atoms with E-state index < -0.39 is 16.4 Å². The topological polar surface area (TPSA) is 75.3 Å². The number of nitrogens with one attached hydrogen (secondary N) is 2. The first-order valence-corrected chi connectivity index (χ1v) is 5.89. The summed E-state index contributed by atoms with van der Waals surface area (Å²) < 4.78 is 0. The Bertz CT molecular complexity index is 461. The Kier molecular flexibility index (Phi) is 3.43. The van der Waals surface area contributed by atoms with Crippen molar-refractivity contribution < 1.29 is 14.4 Å². The maximum atomic E-state index is 11.6. The van der Waals surface area contributed by atoms with Crippen molar-refractivity contribution in [2.45, 2.75) is 11.7 Å². The fourth-order valence-electron chi connectivity index (χ4n) is 1.43. The third kappa shape index (κ3) is 3.07. The van der Waals surface area contributed by atoms with Crippen molar-refractivity contribution in [3.8, 4) is 0 Å². The Hall–Kier alpha value is -1.82. The van der Waals surface area contributed by atoms with Crippen LogP contribution in [0.25, 0.3) is 0 Å². The van der Waals surface area contributed by atoms with Crippen LogP contribution in [0.1, 0.15) is 6.42 Å². The number of hydrogen-bond acceptors (Lipinski definition) is 4. The van der Waals surface area contributed by atoms with E-state index in [1.807, 2.05) is 6.07 Å². The summed E-state index contributed by atoms with van der Waals surface area (Å²) in [5.41, 5.74) is 0.673. The minimum absolute atomic E-state index is 0.00284. The Morgan fingerprint density at radius 1 is 1.29 bits per heavy atom. The molecule has 0 bridgehead atoms. The van der Waals surface area contributed by atoms with E-state index in [1.54, 1.807) is 24.3 Å². The molecule has 2 rings (SSSR count). The van der Waals surface area contributed by atoms with Gasteiger partial charge in [0.2, 0.25) is 11.8 Å². The highest BCUT2D eigenvalue weighted by molar-refractivity contribution is 8.15. The molecule has 0 unspecified atom stereocenters. The van der Waals surface area contributed by atoms with Crippen molar-refractivity contribution in [1.82, 2.24) is 5.32 Å². The summed E-state index contributed by atoms with van der Waals surface area (Å²) in [5.74, 6) is -0.679. The molecule has 1 aromatic rings. The summed E-state index contributed by atoms with van der Waals surface area (Å²) >= 11 is 0.852. The summed E-state index contributed by atoms with van der Waals surface area (Å²) in [6.07, 6.45) is -0.00284. The van der Waals surface area contributed by atoms with Crippen LogP contribution in [0.3, 0.4) is 0 Å². The fraction of sp³-hybridized carbons (Fsp3) is 0.182. The molecular formula is C11H10N2O3S. The number of rotatable bonds is 3. The second kappa shape index (κ2) is 5.01. The van der Waals surface area contributed by atoms with E-state index in [-0.39, 0.29) is 12.3 Å². The Morgan fingerprint density at radius 2 is 2.00 bits per heavy atom. The zero-order valence-electron chi connectivity index (χ0n) is 8.80. The third-order valence-corrected chi connectivity index (χ3v) is 3.18. The molecule has 6 heteroatoms. The minimum Gasteiger partial charge on any atom is -0.326 e. The monoisotopic (exact) mass is 250 g/mol. The number of benzene rings is 1. The Balaban J connectivity index is 1.90. The van der Waals surface area contributed by atoms with E-state index in [0.717, 1.165) is 11.8 Å². The molecule has 1 heterocycles. The van der Waals surface area contributed by atoms with Crippen LogP contribution in [0.5, 0.6) is 0 Å². The SMILES string of the molecule is O=C(C[C@@H]1SC(=O)NC1=O)Nc1ccccc1. The van der Waals surface area contributed by atoms with E-state index >= 15 is 0 Å². The average Bonchev–Trinajstić information content (AvgIpc) is 2.58. The van der Waals surface area contributed by atoms with E-state index in [0.29, 0.717) is 5.69 Å². The molecule has 3 amide bonds. The van der Waals surface area contributed by atoms with Crippen molar-refractivity contribution in [1.29, 1.82) is 0 Å². The largest absolute Gasteiger partial charge is 0.326 e. The molecule has 0 aromatic heterocycles. The van der Waals surface area contributed by atoms with Gasteiger partial charge in [-0.25, -0.2) is 0 Å².